The number of hydrogen-bond acceptors (Lipinski definition) is 4. The third kappa shape index (κ3) is 5.30. The molecule has 2 aromatic carbocycles. The van der Waals surface area contributed by atoms with Crippen molar-refractivity contribution in [1.29, 1.82) is 0 Å². The molecule has 5 rings (SSSR count). The fourth-order valence-electron chi connectivity index (χ4n) is 4.34. The summed E-state index contributed by atoms with van der Waals surface area (Å²) in [5.41, 5.74) is 2.81. The Morgan fingerprint density at radius 2 is 1.83 bits per heavy atom. The molecule has 35 heavy (non-hydrogen) atoms. The number of nitrogens with zero attached hydrogens (tertiary/aromatic N) is 2. The lowest BCUT2D eigenvalue weighted by molar-refractivity contribution is 0.274. The van der Waals surface area contributed by atoms with Gasteiger partial charge in [0.2, 0.25) is 0 Å². The van der Waals surface area contributed by atoms with Crippen LogP contribution in [0.2, 0.25) is 10.0 Å². The minimum atomic E-state index is -0.144. The third-order valence-corrected chi connectivity index (χ3v) is 6.89. The molecule has 1 aliphatic rings. The van der Waals surface area contributed by atoms with Crippen molar-refractivity contribution in [2.24, 2.45) is 0 Å². The summed E-state index contributed by atoms with van der Waals surface area (Å²) in [7, 11) is 0. The van der Waals surface area contributed by atoms with Crippen molar-refractivity contribution in [3.05, 3.63) is 107 Å². The second kappa shape index (κ2) is 10.7. The number of hydrogen-bond donors (Lipinski definition) is 2. The quantitative estimate of drug-likeness (QED) is 0.189. The van der Waals surface area contributed by atoms with E-state index >= 15 is 0 Å². The predicted octanol–water partition coefficient (Wildman–Crippen LogP) is 7.12. The van der Waals surface area contributed by atoms with E-state index in [-0.39, 0.29) is 12.1 Å². The number of para-hydroxylation sites is 1. The molecular weight excluding hydrogens is 499 g/mol. The number of furan rings is 1. The van der Waals surface area contributed by atoms with E-state index in [0.717, 1.165) is 42.2 Å². The summed E-state index contributed by atoms with van der Waals surface area (Å²) in [5.74, 6) is 1.48. The molecule has 178 valence electrons. The summed E-state index contributed by atoms with van der Waals surface area (Å²) < 4.78 is 6.37. The molecule has 4 aromatic rings. The van der Waals surface area contributed by atoms with Crippen LogP contribution in [0, 0.1) is 0 Å². The van der Waals surface area contributed by atoms with Crippen molar-refractivity contribution in [3.8, 4) is 11.3 Å². The molecule has 0 bridgehead atoms. The van der Waals surface area contributed by atoms with Gasteiger partial charge in [0.15, 0.2) is 5.11 Å². The maximum Gasteiger partial charge on any atom is 0.170 e. The topological polar surface area (TPSA) is 53.3 Å². The summed E-state index contributed by atoms with van der Waals surface area (Å²) in [6.07, 6.45) is 2.70. The van der Waals surface area contributed by atoms with Crippen LogP contribution in [0.15, 0.2) is 89.5 Å². The van der Waals surface area contributed by atoms with Crippen molar-refractivity contribution >= 4 is 46.2 Å². The van der Waals surface area contributed by atoms with Crippen molar-refractivity contribution in [2.45, 2.75) is 18.5 Å². The Kier molecular flexibility index (Phi) is 7.23. The normalized spacial score (nSPS) is 17.4. The molecule has 8 heteroatoms. The monoisotopic (exact) mass is 522 g/mol. The first-order valence-corrected chi connectivity index (χ1v) is 12.6. The minimum Gasteiger partial charge on any atom is -0.459 e. The summed E-state index contributed by atoms with van der Waals surface area (Å²) in [5, 5.41) is 8.75. The molecular formula is C27H24Cl2N4OS. The van der Waals surface area contributed by atoms with Gasteiger partial charge in [-0.25, -0.2) is 0 Å². The van der Waals surface area contributed by atoms with Gasteiger partial charge in [-0.2, -0.15) is 0 Å². The molecule has 2 N–H and O–H groups in total. The second-order valence-corrected chi connectivity index (χ2v) is 9.52. The second-order valence-electron chi connectivity index (χ2n) is 8.29. The Labute approximate surface area is 220 Å². The zero-order valence-electron chi connectivity index (χ0n) is 18.8. The van der Waals surface area contributed by atoms with Crippen LogP contribution < -0.4 is 10.6 Å². The van der Waals surface area contributed by atoms with E-state index in [9.17, 15) is 0 Å². The smallest absolute Gasteiger partial charge is 0.170 e. The maximum absolute atomic E-state index is 6.44. The average molecular weight is 523 g/mol. The Bertz CT molecular complexity index is 1300. The van der Waals surface area contributed by atoms with Crippen LogP contribution in [0.5, 0.6) is 0 Å². The molecule has 0 aliphatic carbocycles. The predicted molar refractivity (Wildman–Crippen MR) is 146 cm³/mol. The average Bonchev–Trinajstić information content (AvgIpc) is 3.47. The number of nitrogens with one attached hydrogen (secondary N) is 2. The van der Waals surface area contributed by atoms with E-state index in [0.29, 0.717) is 20.9 Å². The van der Waals surface area contributed by atoms with E-state index in [1.807, 2.05) is 54.6 Å². The van der Waals surface area contributed by atoms with Crippen LogP contribution >= 0.6 is 35.4 Å². The first-order valence-electron chi connectivity index (χ1n) is 11.4. The number of rotatable bonds is 8. The van der Waals surface area contributed by atoms with Gasteiger partial charge in [-0.1, -0.05) is 47.5 Å². The van der Waals surface area contributed by atoms with Crippen LogP contribution in [0.25, 0.3) is 11.3 Å². The minimum absolute atomic E-state index is 0.134. The summed E-state index contributed by atoms with van der Waals surface area (Å²) in [4.78, 5) is 6.78. The molecule has 2 aromatic heterocycles. The fourth-order valence-corrected chi connectivity index (χ4v) is 5.17. The van der Waals surface area contributed by atoms with Crippen LogP contribution in [0.3, 0.4) is 0 Å². The Balaban J connectivity index is 1.39. The highest BCUT2D eigenvalue weighted by Crippen LogP contribution is 2.41. The molecule has 1 saturated heterocycles. The van der Waals surface area contributed by atoms with E-state index in [2.05, 4.69) is 32.7 Å². The van der Waals surface area contributed by atoms with Crippen LogP contribution in [-0.2, 0) is 0 Å². The number of halogens is 2. The number of pyridine rings is 1. The first kappa shape index (κ1) is 23.7. The first-order chi connectivity index (χ1) is 17.1. The van der Waals surface area contributed by atoms with Gasteiger partial charge in [0, 0.05) is 35.6 Å². The lowest BCUT2D eigenvalue weighted by Gasteiger charge is -2.26. The summed E-state index contributed by atoms with van der Waals surface area (Å²) in [6, 6.07) is 25.1. The highest BCUT2D eigenvalue weighted by Gasteiger charge is 2.41. The number of benzene rings is 2. The largest absolute Gasteiger partial charge is 0.459 e. The summed E-state index contributed by atoms with van der Waals surface area (Å²) >= 11 is 18.3. The Morgan fingerprint density at radius 3 is 2.60 bits per heavy atom. The van der Waals surface area contributed by atoms with Gasteiger partial charge in [0.1, 0.15) is 17.6 Å². The Morgan fingerprint density at radius 1 is 1.00 bits per heavy atom. The molecule has 0 saturated carbocycles. The molecule has 5 nitrogen and oxygen atoms in total. The van der Waals surface area contributed by atoms with E-state index in [4.69, 9.17) is 39.8 Å². The molecule has 0 unspecified atom stereocenters. The Hall–Kier alpha value is -3.06. The van der Waals surface area contributed by atoms with Gasteiger partial charge in [-0.15, -0.1) is 0 Å². The number of aromatic nitrogens is 1. The van der Waals surface area contributed by atoms with E-state index < -0.39 is 0 Å². The van der Waals surface area contributed by atoms with Gasteiger partial charge in [0.05, 0.1) is 16.8 Å². The highest BCUT2D eigenvalue weighted by atomic mass is 35.5. The van der Waals surface area contributed by atoms with Crippen molar-refractivity contribution < 1.29 is 4.42 Å². The van der Waals surface area contributed by atoms with Gasteiger partial charge in [0.25, 0.3) is 0 Å². The van der Waals surface area contributed by atoms with Crippen molar-refractivity contribution in [3.63, 3.8) is 0 Å². The molecule has 2 atom stereocenters. The van der Waals surface area contributed by atoms with Gasteiger partial charge >= 0.3 is 0 Å². The van der Waals surface area contributed by atoms with Gasteiger partial charge in [-0.3, -0.25) is 4.98 Å². The SMILES string of the molecule is S=C1N[C@H](c2ccccn2)[C@@H](c2ccc(-c3ccc(Cl)cc3Cl)o2)N1CCCNc1ccccc1. The highest BCUT2D eigenvalue weighted by molar-refractivity contribution is 7.80. The molecule has 1 aliphatic heterocycles. The van der Waals surface area contributed by atoms with E-state index in [1.165, 1.54) is 0 Å². The lowest BCUT2D eigenvalue weighted by atomic mass is 10.0. The van der Waals surface area contributed by atoms with Gasteiger partial charge in [-0.05, 0) is 73.2 Å². The fraction of sp³-hybridized carbons (Fsp3) is 0.185. The molecule has 1 fully saturated rings. The summed E-state index contributed by atoms with van der Waals surface area (Å²) in [6.45, 7) is 1.59. The van der Waals surface area contributed by atoms with Crippen LogP contribution in [0.1, 0.15) is 30.0 Å². The number of thiocarbonyl (C=S) groups is 1. The van der Waals surface area contributed by atoms with Crippen LogP contribution in [0.4, 0.5) is 5.69 Å². The van der Waals surface area contributed by atoms with Gasteiger partial charge < -0.3 is 20.0 Å². The maximum atomic E-state index is 6.44. The number of anilines is 1. The van der Waals surface area contributed by atoms with Crippen molar-refractivity contribution in [2.75, 3.05) is 18.4 Å². The standard InChI is InChI=1S/C27H24Cl2N4OS/c28-18-10-11-20(21(29)17-18)23-12-13-24(34-23)26-25(22-9-4-5-14-31-22)32-27(35)33(26)16-6-15-30-19-7-2-1-3-8-19/h1-5,7-14,17,25-26,30H,6,15-16H2,(H,32,35)/t25-,26-/m1/s1. The van der Waals surface area contributed by atoms with Crippen molar-refractivity contribution in [1.82, 2.24) is 15.2 Å². The zero-order chi connectivity index (χ0) is 24.2. The van der Waals surface area contributed by atoms with Crippen LogP contribution in [-0.4, -0.2) is 28.1 Å². The lowest BCUT2D eigenvalue weighted by Crippen LogP contribution is -2.31. The molecule has 0 radical (unpaired) electrons. The van der Waals surface area contributed by atoms with E-state index in [1.54, 1.807) is 18.3 Å². The molecule has 0 spiro atoms. The third-order valence-electron chi connectivity index (χ3n) is 5.99. The zero-order valence-corrected chi connectivity index (χ0v) is 21.2. The molecule has 3 heterocycles. The molecule has 0 amide bonds.